The molecule has 0 spiro atoms. The molecule has 2 atom stereocenters. The molecule has 104 valence electrons. The van der Waals surface area contributed by atoms with Gasteiger partial charge in [-0.25, -0.2) is 0 Å². The predicted molar refractivity (Wildman–Crippen MR) is 82.4 cm³/mol. The fourth-order valence-corrected chi connectivity index (χ4v) is 5.05. The molecule has 2 unspecified atom stereocenters. The average molecular weight is 298 g/mol. The third-order valence-corrected chi connectivity index (χ3v) is 6.06. The van der Waals surface area contributed by atoms with E-state index >= 15 is 0 Å². The van der Waals surface area contributed by atoms with Gasteiger partial charge in [0, 0.05) is 34.1 Å². The van der Waals surface area contributed by atoms with Crippen molar-refractivity contribution in [1.29, 1.82) is 0 Å². The summed E-state index contributed by atoms with van der Waals surface area (Å²) in [7, 11) is 2.03. The first-order valence-electron chi connectivity index (χ1n) is 6.89. The van der Waals surface area contributed by atoms with E-state index in [9.17, 15) is 0 Å². The molecule has 0 aromatic heterocycles. The summed E-state index contributed by atoms with van der Waals surface area (Å²) in [5.41, 5.74) is 3.87. The molecule has 4 heteroatoms. The van der Waals surface area contributed by atoms with Gasteiger partial charge in [0.15, 0.2) is 0 Å². The van der Waals surface area contributed by atoms with Crippen LogP contribution in [0.2, 0.25) is 5.02 Å². The predicted octanol–water partition coefficient (Wildman–Crippen LogP) is 3.81. The van der Waals surface area contributed by atoms with E-state index in [2.05, 4.69) is 25.2 Å². The summed E-state index contributed by atoms with van der Waals surface area (Å²) in [5, 5.41) is 4.93. The molecule has 2 aliphatic rings. The van der Waals surface area contributed by atoms with E-state index in [1.54, 1.807) is 0 Å². The molecule has 3 rings (SSSR count). The van der Waals surface area contributed by atoms with Crippen LogP contribution in [-0.2, 0) is 12.2 Å². The van der Waals surface area contributed by atoms with Crippen LogP contribution in [-0.4, -0.2) is 18.9 Å². The van der Waals surface area contributed by atoms with E-state index in [1.165, 1.54) is 16.7 Å². The van der Waals surface area contributed by atoms with Crippen molar-refractivity contribution in [2.24, 2.45) is 5.92 Å². The fourth-order valence-electron chi connectivity index (χ4n) is 3.19. The molecule has 0 bridgehead atoms. The average Bonchev–Trinajstić information content (AvgIpc) is 2.85. The van der Waals surface area contributed by atoms with Crippen LogP contribution >= 0.6 is 23.4 Å². The van der Waals surface area contributed by atoms with E-state index in [1.807, 2.05) is 18.8 Å². The molecule has 0 saturated carbocycles. The van der Waals surface area contributed by atoms with Gasteiger partial charge in [-0.1, -0.05) is 25.4 Å². The van der Waals surface area contributed by atoms with E-state index in [-0.39, 0.29) is 0 Å². The minimum atomic E-state index is 0.316. The third-order valence-electron chi connectivity index (χ3n) is 4.09. The summed E-state index contributed by atoms with van der Waals surface area (Å²) < 4.78 is 5.84. The summed E-state index contributed by atoms with van der Waals surface area (Å²) in [6.45, 7) is 5.36. The Kier molecular flexibility index (Phi) is 3.71. The van der Waals surface area contributed by atoms with Crippen LogP contribution < -0.4 is 10.1 Å². The number of hydrogen-bond acceptors (Lipinski definition) is 3. The lowest BCUT2D eigenvalue weighted by atomic mass is 9.90. The summed E-state index contributed by atoms with van der Waals surface area (Å²) >= 11 is 8.58. The molecular formula is C15H20ClNOS. The maximum Gasteiger partial charge on any atom is 0.127 e. The Morgan fingerprint density at radius 1 is 1.47 bits per heavy atom. The van der Waals surface area contributed by atoms with Crippen molar-refractivity contribution in [3.8, 4) is 5.75 Å². The maximum absolute atomic E-state index is 6.56. The SMILES string of the molecule is CNC1c2c(Cl)cc3c(c2CSC1C(C)C)OCC3. The van der Waals surface area contributed by atoms with E-state index in [0.29, 0.717) is 17.2 Å². The number of ether oxygens (including phenoxy) is 1. The molecule has 1 N–H and O–H groups in total. The number of fused-ring (bicyclic) bond motifs is 3. The van der Waals surface area contributed by atoms with Crippen molar-refractivity contribution in [3.63, 3.8) is 0 Å². The maximum atomic E-state index is 6.56. The van der Waals surface area contributed by atoms with E-state index in [0.717, 1.165) is 29.6 Å². The van der Waals surface area contributed by atoms with Gasteiger partial charge in [-0.2, -0.15) is 11.8 Å². The van der Waals surface area contributed by atoms with Crippen LogP contribution in [0.3, 0.4) is 0 Å². The fraction of sp³-hybridized carbons (Fsp3) is 0.600. The lowest BCUT2D eigenvalue weighted by molar-refractivity contribution is 0.352. The minimum Gasteiger partial charge on any atom is -0.493 e. The van der Waals surface area contributed by atoms with Gasteiger partial charge >= 0.3 is 0 Å². The van der Waals surface area contributed by atoms with Gasteiger partial charge < -0.3 is 10.1 Å². The highest BCUT2D eigenvalue weighted by molar-refractivity contribution is 7.99. The standard InChI is InChI=1S/C15H20ClNOS/c1-8(2)15-13(17-3)12-10(7-19-15)14-9(4-5-18-14)6-11(12)16/h6,8,13,15,17H,4-5,7H2,1-3H3. The zero-order chi connectivity index (χ0) is 13.6. The highest BCUT2D eigenvalue weighted by atomic mass is 35.5. The Labute approximate surface area is 124 Å². The topological polar surface area (TPSA) is 21.3 Å². The Bertz CT molecular complexity index is 503. The second-order valence-electron chi connectivity index (χ2n) is 5.62. The second-order valence-corrected chi connectivity index (χ2v) is 7.20. The number of thioether (sulfide) groups is 1. The van der Waals surface area contributed by atoms with Gasteiger partial charge in [0.1, 0.15) is 5.75 Å². The van der Waals surface area contributed by atoms with Crippen LogP contribution in [0, 0.1) is 5.92 Å². The Hall–Kier alpha value is -0.380. The minimum absolute atomic E-state index is 0.316. The highest BCUT2D eigenvalue weighted by Crippen LogP contribution is 2.49. The Morgan fingerprint density at radius 2 is 2.26 bits per heavy atom. The number of rotatable bonds is 2. The summed E-state index contributed by atoms with van der Waals surface area (Å²) in [6, 6.07) is 2.43. The monoisotopic (exact) mass is 297 g/mol. The first-order chi connectivity index (χ1) is 9.13. The van der Waals surface area contributed by atoms with Gasteiger partial charge in [-0.3, -0.25) is 0 Å². The van der Waals surface area contributed by atoms with Gasteiger partial charge in [-0.05, 0) is 30.2 Å². The number of nitrogens with one attached hydrogen (secondary N) is 1. The Balaban J connectivity index is 2.12. The molecule has 1 aromatic carbocycles. The normalized spacial score (nSPS) is 25.1. The summed E-state index contributed by atoms with van der Waals surface area (Å²) in [5.74, 6) is 2.74. The first kappa shape index (κ1) is 13.6. The lowest BCUT2D eigenvalue weighted by Crippen LogP contribution is -2.34. The van der Waals surface area contributed by atoms with Crippen LogP contribution in [0.5, 0.6) is 5.75 Å². The molecule has 0 radical (unpaired) electrons. The quantitative estimate of drug-likeness (QED) is 0.897. The van der Waals surface area contributed by atoms with Crippen molar-refractivity contribution in [2.75, 3.05) is 13.7 Å². The zero-order valence-corrected chi connectivity index (χ0v) is 13.2. The van der Waals surface area contributed by atoms with Gasteiger partial charge in [0.2, 0.25) is 0 Å². The number of halogens is 1. The molecule has 0 saturated heterocycles. The molecule has 0 aliphatic carbocycles. The number of benzene rings is 1. The molecule has 19 heavy (non-hydrogen) atoms. The van der Waals surface area contributed by atoms with Crippen molar-refractivity contribution >= 4 is 23.4 Å². The van der Waals surface area contributed by atoms with Crippen molar-refractivity contribution in [1.82, 2.24) is 5.32 Å². The molecule has 0 amide bonds. The van der Waals surface area contributed by atoms with Crippen molar-refractivity contribution in [3.05, 3.63) is 27.8 Å². The largest absolute Gasteiger partial charge is 0.493 e. The van der Waals surface area contributed by atoms with E-state index in [4.69, 9.17) is 16.3 Å². The summed E-state index contributed by atoms with van der Waals surface area (Å²) in [6.07, 6.45) is 0.991. The van der Waals surface area contributed by atoms with Crippen LogP contribution in [0.15, 0.2) is 6.07 Å². The summed E-state index contributed by atoms with van der Waals surface area (Å²) in [4.78, 5) is 0. The molecule has 1 aromatic rings. The Morgan fingerprint density at radius 3 is 2.95 bits per heavy atom. The molecule has 2 heterocycles. The smallest absolute Gasteiger partial charge is 0.127 e. The molecular weight excluding hydrogens is 278 g/mol. The van der Waals surface area contributed by atoms with Crippen LogP contribution in [0.25, 0.3) is 0 Å². The van der Waals surface area contributed by atoms with Gasteiger partial charge in [0.25, 0.3) is 0 Å². The van der Waals surface area contributed by atoms with Gasteiger partial charge in [-0.15, -0.1) is 0 Å². The first-order valence-corrected chi connectivity index (χ1v) is 8.32. The lowest BCUT2D eigenvalue weighted by Gasteiger charge is -2.36. The molecule has 2 nitrogen and oxygen atoms in total. The van der Waals surface area contributed by atoms with Crippen molar-refractivity contribution in [2.45, 2.75) is 37.3 Å². The number of hydrogen-bond donors (Lipinski definition) is 1. The van der Waals surface area contributed by atoms with Gasteiger partial charge in [0.05, 0.1) is 6.61 Å². The van der Waals surface area contributed by atoms with Crippen LogP contribution in [0.4, 0.5) is 0 Å². The highest BCUT2D eigenvalue weighted by Gasteiger charge is 2.36. The van der Waals surface area contributed by atoms with Crippen molar-refractivity contribution < 1.29 is 4.74 Å². The third kappa shape index (κ3) is 2.16. The zero-order valence-electron chi connectivity index (χ0n) is 11.6. The second kappa shape index (κ2) is 5.19. The molecule has 0 fully saturated rings. The van der Waals surface area contributed by atoms with Crippen LogP contribution in [0.1, 0.15) is 36.6 Å². The molecule has 2 aliphatic heterocycles. The van der Waals surface area contributed by atoms with E-state index < -0.39 is 0 Å².